The van der Waals surface area contributed by atoms with Crippen LogP contribution in [0, 0.1) is 6.92 Å². The van der Waals surface area contributed by atoms with Crippen molar-refractivity contribution in [2.24, 2.45) is 5.73 Å². The second kappa shape index (κ2) is 5.07. The number of hydrogen-bond donors (Lipinski definition) is 2. The van der Waals surface area contributed by atoms with Crippen LogP contribution in [0.25, 0.3) is 0 Å². The number of rotatable bonds is 4. The van der Waals surface area contributed by atoms with Crippen LogP contribution >= 0.6 is 11.3 Å². The number of thiophene rings is 1. The minimum Gasteiger partial charge on any atom is -0.477 e. The second-order valence-electron chi connectivity index (χ2n) is 4.53. The molecular formula is C12H16N2O3S. The fraction of sp³-hybridized carbons (Fsp3) is 0.500. The lowest BCUT2D eigenvalue weighted by molar-refractivity contribution is -0.122. The number of aryl methyl sites for hydroxylation is 1. The molecule has 1 atom stereocenters. The van der Waals surface area contributed by atoms with E-state index in [1.807, 2.05) is 11.8 Å². The lowest BCUT2D eigenvalue weighted by atomic mass is 10.2. The number of aromatic carboxylic acids is 1. The maximum absolute atomic E-state index is 11.3. The summed E-state index contributed by atoms with van der Waals surface area (Å²) in [5.74, 6) is -1.19. The highest BCUT2D eigenvalue weighted by molar-refractivity contribution is 7.14. The van der Waals surface area contributed by atoms with Crippen LogP contribution < -0.4 is 5.73 Å². The van der Waals surface area contributed by atoms with E-state index in [0.29, 0.717) is 11.4 Å². The first kappa shape index (κ1) is 13.0. The molecule has 1 aliphatic heterocycles. The number of carbonyl (C=O) groups is 2. The van der Waals surface area contributed by atoms with Crippen molar-refractivity contribution in [1.29, 1.82) is 0 Å². The summed E-state index contributed by atoms with van der Waals surface area (Å²) in [6, 6.07) is 1.48. The third-order valence-electron chi connectivity index (χ3n) is 3.30. The van der Waals surface area contributed by atoms with Gasteiger partial charge in [-0.3, -0.25) is 9.69 Å². The number of likely N-dealkylation sites (tertiary alicyclic amines) is 1. The number of nitrogens with two attached hydrogens (primary N) is 1. The minimum absolute atomic E-state index is 0.211. The number of amides is 1. The molecule has 3 N–H and O–H groups in total. The number of carbonyl (C=O) groups excluding carboxylic acids is 1. The van der Waals surface area contributed by atoms with Crippen molar-refractivity contribution in [1.82, 2.24) is 4.90 Å². The summed E-state index contributed by atoms with van der Waals surface area (Å²) in [5.41, 5.74) is 6.34. The van der Waals surface area contributed by atoms with Crippen LogP contribution in [-0.2, 0) is 11.3 Å². The molecule has 1 aromatic rings. The lowest BCUT2D eigenvalue weighted by Crippen LogP contribution is -2.39. The smallest absolute Gasteiger partial charge is 0.345 e. The van der Waals surface area contributed by atoms with Crippen molar-refractivity contribution in [3.63, 3.8) is 0 Å². The third kappa shape index (κ3) is 2.54. The fourth-order valence-electron chi connectivity index (χ4n) is 2.34. The average molecular weight is 268 g/mol. The number of hydrogen-bond acceptors (Lipinski definition) is 4. The van der Waals surface area contributed by atoms with E-state index in [0.717, 1.165) is 29.8 Å². The molecule has 18 heavy (non-hydrogen) atoms. The van der Waals surface area contributed by atoms with Crippen molar-refractivity contribution >= 4 is 23.2 Å². The standard InChI is InChI=1S/C12H16N2O3S/c1-7-8(5-10(18-7)12(16)17)6-14-4-2-3-9(14)11(13)15/h5,9H,2-4,6H2,1H3,(H2,13,15)(H,16,17). The highest BCUT2D eigenvalue weighted by atomic mass is 32.1. The summed E-state index contributed by atoms with van der Waals surface area (Å²) in [6.45, 7) is 3.34. The molecule has 5 nitrogen and oxygen atoms in total. The molecule has 1 fully saturated rings. The average Bonchev–Trinajstić information content (AvgIpc) is 2.87. The molecule has 1 saturated heterocycles. The molecule has 6 heteroatoms. The molecule has 1 amide bonds. The molecule has 1 unspecified atom stereocenters. The van der Waals surface area contributed by atoms with E-state index in [2.05, 4.69) is 0 Å². The molecular weight excluding hydrogens is 252 g/mol. The van der Waals surface area contributed by atoms with Gasteiger partial charge < -0.3 is 10.8 Å². The van der Waals surface area contributed by atoms with Crippen LogP contribution in [0.1, 0.15) is 33.0 Å². The molecule has 2 rings (SSSR count). The largest absolute Gasteiger partial charge is 0.477 e. The van der Waals surface area contributed by atoms with Crippen molar-refractivity contribution in [2.75, 3.05) is 6.54 Å². The van der Waals surface area contributed by atoms with Crippen LogP contribution in [0.15, 0.2) is 6.07 Å². The minimum atomic E-state index is -0.901. The van der Waals surface area contributed by atoms with Gasteiger partial charge in [0.25, 0.3) is 0 Å². The highest BCUT2D eigenvalue weighted by Gasteiger charge is 2.29. The van der Waals surface area contributed by atoms with Crippen LogP contribution in [-0.4, -0.2) is 34.5 Å². The maximum Gasteiger partial charge on any atom is 0.345 e. The van der Waals surface area contributed by atoms with Gasteiger partial charge in [0.05, 0.1) is 6.04 Å². The summed E-state index contributed by atoms with van der Waals surface area (Å²) in [7, 11) is 0. The van der Waals surface area contributed by atoms with Crippen molar-refractivity contribution in [2.45, 2.75) is 32.4 Å². The summed E-state index contributed by atoms with van der Waals surface area (Å²) in [6.07, 6.45) is 1.76. The zero-order chi connectivity index (χ0) is 13.3. The Morgan fingerprint density at radius 3 is 2.89 bits per heavy atom. The van der Waals surface area contributed by atoms with E-state index in [9.17, 15) is 9.59 Å². The molecule has 0 radical (unpaired) electrons. The van der Waals surface area contributed by atoms with Gasteiger partial charge in [-0.05, 0) is 37.9 Å². The van der Waals surface area contributed by atoms with Gasteiger partial charge in [-0.25, -0.2) is 4.79 Å². The van der Waals surface area contributed by atoms with Crippen LogP contribution in [0.5, 0.6) is 0 Å². The molecule has 0 bridgehead atoms. The Labute approximate surface area is 109 Å². The zero-order valence-electron chi connectivity index (χ0n) is 10.2. The summed E-state index contributed by atoms with van der Waals surface area (Å²) >= 11 is 1.27. The van der Waals surface area contributed by atoms with Crippen LogP contribution in [0.3, 0.4) is 0 Å². The number of carboxylic acids is 1. The van der Waals surface area contributed by atoms with Crippen molar-refractivity contribution < 1.29 is 14.7 Å². The SMILES string of the molecule is Cc1sc(C(=O)O)cc1CN1CCCC1C(N)=O. The fourth-order valence-corrected chi connectivity index (χ4v) is 3.21. The predicted molar refractivity (Wildman–Crippen MR) is 68.6 cm³/mol. The van der Waals surface area contributed by atoms with E-state index in [1.54, 1.807) is 6.07 Å². The van der Waals surface area contributed by atoms with Crippen molar-refractivity contribution in [3.05, 3.63) is 21.4 Å². The summed E-state index contributed by atoms with van der Waals surface area (Å²) in [4.78, 5) is 25.6. The Balaban J connectivity index is 2.14. The first-order chi connectivity index (χ1) is 8.49. The van der Waals surface area contributed by atoms with Gasteiger partial charge in [-0.1, -0.05) is 0 Å². The Kier molecular flexibility index (Phi) is 3.68. The van der Waals surface area contributed by atoms with Gasteiger partial charge in [0.1, 0.15) is 4.88 Å². The summed E-state index contributed by atoms with van der Waals surface area (Å²) in [5, 5.41) is 8.95. The molecule has 1 aliphatic rings. The van der Waals surface area contributed by atoms with Crippen LogP contribution in [0.4, 0.5) is 0 Å². The lowest BCUT2D eigenvalue weighted by Gasteiger charge is -2.21. The Hall–Kier alpha value is -1.40. The summed E-state index contributed by atoms with van der Waals surface area (Å²) < 4.78 is 0. The van der Waals surface area contributed by atoms with Gasteiger partial charge in [-0.15, -0.1) is 11.3 Å². The maximum atomic E-state index is 11.3. The van der Waals surface area contributed by atoms with Crippen molar-refractivity contribution in [3.8, 4) is 0 Å². The van der Waals surface area contributed by atoms with Gasteiger partial charge >= 0.3 is 5.97 Å². The Morgan fingerprint density at radius 1 is 1.61 bits per heavy atom. The molecule has 0 aromatic carbocycles. The number of nitrogens with zero attached hydrogens (tertiary/aromatic N) is 1. The topological polar surface area (TPSA) is 83.6 Å². The molecule has 2 heterocycles. The second-order valence-corrected chi connectivity index (χ2v) is 5.78. The zero-order valence-corrected chi connectivity index (χ0v) is 11.0. The molecule has 1 aromatic heterocycles. The first-order valence-electron chi connectivity index (χ1n) is 5.85. The Bertz CT molecular complexity index is 484. The van der Waals surface area contributed by atoms with Gasteiger partial charge in [-0.2, -0.15) is 0 Å². The molecule has 0 saturated carbocycles. The van der Waals surface area contributed by atoms with Gasteiger partial charge in [0.2, 0.25) is 5.91 Å². The van der Waals surface area contributed by atoms with E-state index >= 15 is 0 Å². The molecule has 0 spiro atoms. The van der Waals surface area contributed by atoms with E-state index < -0.39 is 5.97 Å². The van der Waals surface area contributed by atoms with Gasteiger partial charge in [0.15, 0.2) is 0 Å². The van der Waals surface area contributed by atoms with Crippen LogP contribution in [0.2, 0.25) is 0 Å². The predicted octanol–water partition coefficient (Wildman–Crippen LogP) is 1.20. The number of primary amides is 1. The normalized spacial score (nSPS) is 20.2. The number of carboxylic acid groups (broad SMARTS) is 1. The third-order valence-corrected chi connectivity index (χ3v) is 4.38. The van der Waals surface area contributed by atoms with E-state index in [4.69, 9.17) is 10.8 Å². The monoisotopic (exact) mass is 268 g/mol. The van der Waals surface area contributed by atoms with E-state index in [-0.39, 0.29) is 11.9 Å². The molecule has 98 valence electrons. The van der Waals surface area contributed by atoms with E-state index in [1.165, 1.54) is 11.3 Å². The molecule has 0 aliphatic carbocycles. The quantitative estimate of drug-likeness (QED) is 0.859. The van der Waals surface area contributed by atoms with Gasteiger partial charge in [0, 0.05) is 11.4 Å². The first-order valence-corrected chi connectivity index (χ1v) is 6.66. The highest BCUT2D eigenvalue weighted by Crippen LogP contribution is 2.26. The Morgan fingerprint density at radius 2 is 2.33 bits per heavy atom.